The quantitative estimate of drug-likeness (QED) is 0.478. The lowest BCUT2D eigenvalue weighted by molar-refractivity contribution is -0.156. The van der Waals surface area contributed by atoms with Gasteiger partial charge in [0.1, 0.15) is 9.53 Å². The topological polar surface area (TPSA) is 63.6 Å². The molecule has 0 amide bonds. The van der Waals surface area contributed by atoms with Gasteiger partial charge < -0.3 is 9.84 Å². The van der Waals surface area contributed by atoms with Crippen LogP contribution in [0.1, 0.15) is 34.1 Å². The molecule has 0 fully saturated rings. The maximum atomic E-state index is 11.5. The monoisotopic (exact) mass is 328 g/mol. The van der Waals surface area contributed by atoms with E-state index >= 15 is 0 Å². The molecule has 0 saturated carbocycles. The van der Waals surface area contributed by atoms with E-state index in [0.29, 0.717) is 0 Å². The molecule has 0 heterocycles. The fraction of sp³-hybridized carbons (Fsp3) is 0.800. The number of halogens is 1. The highest BCUT2D eigenvalue weighted by Gasteiger charge is 2.30. The Kier molecular flexibility index (Phi) is 5.55. The SMILES string of the molecule is CC(C)C(CC(=O)O)OC(=O)C(C)(C)I. The Morgan fingerprint density at radius 2 is 1.87 bits per heavy atom. The zero-order valence-electron chi connectivity index (χ0n) is 9.41. The second-order valence-corrected chi connectivity index (χ2v) is 6.95. The largest absolute Gasteiger partial charge is 0.481 e. The highest BCUT2D eigenvalue weighted by molar-refractivity contribution is 14.1. The van der Waals surface area contributed by atoms with Crippen molar-refractivity contribution in [1.29, 1.82) is 0 Å². The molecule has 88 valence electrons. The van der Waals surface area contributed by atoms with Gasteiger partial charge in [-0.25, -0.2) is 0 Å². The molecule has 0 aliphatic heterocycles. The fourth-order valence-electron chi connectivity index (χ4n) is 0.863. The van der Waals surface area contributed by atoms with Crippen LogP contribution in [0.15, 0.2) is 0 Å². The minimum absolute atomic E-state index is 0.00352. The van der Waals surface area contributed by atoms with Crippen LogP contribution < -0.4 is 0 Å². The Morgan fingerprint density at radius 1 is 1.40 bits per heavy atom. The highest BCUT2D eigenvalue weighted by Crippen LogP contribution is 2.22. The summed E-state index contributed by atoms with van der Waals surface area (Å²) in [6.45, 7) is 7.13. The van der Waals surface area contributed by atoms with Gasteiger partial charge in [-0.2, -0.15) is 0 Å². The number of ether oxygens (including phenoxy) is 1. The molecule has 0 aromatic heterocycles. The molecule has 0 aliphatic rings. The van der Waals surface area contributed by atoms with Crippen molar-refractivity contribution in [2.45, 2.75) is 43.6 Å². The summed E-state index contributed by atoms with van der Waals surface area (Å²) in [4.78, 5) is 22.1. The Hall–Kier alpha value is -0.330. The number of alkyl halides is 1. The zero-order valence-corrected chi connectivity index (χ0v) is 11.6. The highest BCUT2D eigenvalue weighted by atomic mass is 127. The molecule has 0 rings (SSSR count). The summed E-state index contributed by atoms with van der Waals surface area (Å²) in [7, 11) is 0. The molecule has 1 atom stereocenters. The Labute approximate surface area is 104 Å². The summed E-state index contributed by atoms with van der Waals surface area (Å²) >= 11 is 1.97. The predicted octanol–water partition coefficient (Wildman–Crippen LogP) is 2.24. The number of hydrogen-bond acceptors (Lipinski definition) is 3. The van der Waals surface area contributed by atoms with Gasteiger partial charge in [-0.05, 0) is 19.8 Å². The van der Waals surface area contributed by atoms with Gasteiger partial charge >= 0.3 is 11.9 Å². The van der Waals surface area contributed by atoms with Crippen molar-refractivity contribution < 1.29 is 19.4 Å². The Morgan fingerprint density at radius 3 is 2.13 bits per heavy atom. The molecule has 15 heavy (non-hydrogen) atoms. The van der Waals surface area contributed by atoms with Crippen LogP contribution in [0.3, 0.4) is 0 Å². The first kappa shape index (κ1) is 14.7. The smallest absolute Gasteiger partial charge is 0.321 e. The van der Waals surface area contributed by atoms with E-state index in [2.05, 4.69) is 0 Å². The number of hydrogen-bond donors (Lipinski definition) is 1. The summed E-state index contributed by atoms with van der Waals surface area (Å²) in [5, 5.41) is 8.66. The van der Waals surface area contributed by atoms with Crippen molar-refractivity contribution in [3.8, 4) is 0 Å². The summed E-state index contributed by atoms with van der Waals surface area (Å²) < 4.78 is 4.54. The molecule has 0 spiro atoms. The van der Waals surface area contributed by atoms with Gasteiger partial charge in [0, 0.05) is 0 Å². The maximum absolute atomic E-state index is 11.5. The second kappa shape index (κ2) is 5.67. The number of carbonyl (C=O) groups is 2. The van der Waals surface area contributed by atoms with E-state index in [9.17, 15) is 9.59 Å². The first-order valence-electron chi connectivity index (χ1n) is 4.76. The summed E-state index contributed by atoms with van der Waals surface area (Å²) in [5.41, 5.74) is 0. The molecular weight excluding hydrogens is 311 g/mol. The van der Waals surface area contributed by atoms with E-state index in [0.717, 1.165) is 0 Å². The molecule has 1 unspecified atom stereocenters. The van der Waals surface area contributed by atoms with Crippen molar-refractivity contribution in [2.24, 2.45) is 5.92 Å². The number of carboxylic acid groups (broad SMARTS) is 1. The van der Waals surface area contributed by atoms with Crippen molar-refractivity contribution >= 4 is 34.5 Å². The molecule has 0 aromatic carbocycles. The predicted molar refractivity (Wildman–Crippen MR) is 65.1 cm³/mol. The van der Waals surface area contributed by atoms with Crippen molar-refractivity contribution in [1.82, 2.24) is 0 Å². The molecule has 0 saturated heterocycles. The standard InChI is InChI=1S/C10H17IO4/c1-6(2)7(5-8(12)13)15-9(14)10(3,4)11/h6-7H,5H2,1-4H3,(H,12,13). The van der Waals surface area contributed by atoms with Gasteiger partial charge in [0.05, 0.1) is 6.42 Å². The van der Waals surface area contributed by atoms with Gasteiger partial charge in [-0.1, -0.05) is 36.4 Å². The second-order valence-electron chi connectivity index (χ2n) is 4.26. The normalized spacial score (nSPS) is 13.7. The van der Waals surface area contributed by atoms with Gasteiger partial charge in [0.15, 0.2) is 0 Å². The van der Waals surface area contributed by atoms with Crippen LogP contribution in [-0.4, -0.2) is 26.6 Å². The van der Waals surface area contributed by atoms with Crippen molar-refractivity contribution in [2.75, 3.05) is 0 Å². The Balaban J connectivity index is 4.42. The van der Waals surface area contributed by atoms with Gasteiger partial charge in [-0.3, -0.25) is 9.59 Å². The summed E-state index contributed by atoms with van der Waals surface area (Å²) in [5.74, 6) is -1.32. The lowest BCUT2D eigenvalue weighted by Gasteiger charge is -2.23. The molecule has 0 aliphatic carbocycles. The third kappa shape index (κ3) is 5.96. The average Bonchev–Trinajstić information content (AvgIpc) is 1.99. The lowest BCUT2D eigenvalue weighted by Crippen LogP contribution is -2.34. The molecule has 0 bridgehead atoms. The van der Waals surface area contributed by atoms with E-state index in [4.69, 9.17) is 9.84 Å². The summed E-state index contributed by atoms with van der Waals surface area (Å²) in [6.07, 6.45) is -0.695. The zero-order chi connectivity index (χ0) is 12.2. The van der Waals surface area contributed by atoms with Crippen LogP contribution >= 0.6 is 22.6 Å². The van der Waals surface area contributed by atoms with E-state index in [-0.39, 0.29) is 18.3 Å². The molecule has 4 nitrogen and oxygen atoms in total. The molecule has 5 heteroatoms. The Bertz CT molecular complexity index is 242. The van der Waals surface area contributed by atoms with Gasteiger partial charge in [-0.15, -0.1) is 0 Å². The first-order chi connectivity index (χ1) is 6.64. The van der Waals surface area contributed by atoms with Crippen LogP contribution in [0.25, 0.3) is 0 Å². The first-order valence-corrected chi connectivity index (χ1v) is 5.84. The molecule has 0 aromatic rings. The molecule has 0 radical (unpaired) electrons. The van der Waals surface area contributed by atoms with E-state index in [1.807, 2.05) is 36.4 Å². The minimum Gasteiger partial charge on any atom is -0.481 e. The lowest BCUT2D eigenvalue weighted by atomic mass is 10.0. The third-order valence-corrected chi connectivity index (χ3v) is 2.30. The van der Waals surface area contributed by atoms with Gasteiger partial charge in [0.25, 0.3) is 0 Å². The van der Waals surface area contributed by atoms with Crippen molar-refractivity contribution in [3.05, 3.63) is 0 Å². The number of rotatable bonds is 5. The number of carboxylic acids is 1. The average molecular weight is 328 g/mol. The van der Waals surface area contributed by atoms with Gasteiger partial charge in [0.2, 0.25) is 0 Å². The molecule has 1 N–H and O–H groups in total. The van der Waals surface area contributed by atoms with E-state index in [1.54, 1.807) is 13.8 Å². The van der Waals surface area contributed by atoms with E-state index < -0.39 is 15.5 Å². The summed E-state index contributed by atoms with van der Waals surface area (Å²) in [6, 6.07) is 0. The fourth-order valence-corrected chi connectivity index (χ4v) is 0.990. The van der Waals surface area contributed by atoms with Crippen LogP contribution in [-0.2, 0) is 14.3 Å². The maximum Gasteiger partial charge on any atom is 0.321 e. The number of esters is 1. The third-order valence-electron chi connectivity index (χ3n) is 1.86. The van der Waals surface area contributed by atoms with Crippen LogP contribution in [0, 0.1) is 5.92 Å². The van der Waals surface area contributed by atoms with Crippen LogP contribution in [0.2, 0.25) is 0 Å². The van der Waals surface area contributed by atoms with Crippen LogP contribution in [0.4, 0.5) is 0 Å². The molecular formula is C10H17IO4. The number of carbonyl (C=O) groups excluding carboxylic acids is 1. The minimum atomic E-state index is -0.951. The van der Waals surface area contributed by atoms with Crippen LogP contribution in [0.5, 0.6) is 0 Å². The van der Waals surface area contributed by atoms with Crippen molar-refractivity contribution in [3.63, 3.8) is 0 Å². The number of aliphatic carboxylic acids is 1. The van der Waals surface area contributed by atoms with E-state index in [1.165, 1.54) is 0 Å².